The molecule has 1 N–H and O–H groups in total. The first-order valence-electron chi connectivity index (χ1n) is 6.56. The van der Waals surface area contributed by atoms with Crippen molar-refractivity contribution in [3.8, 4) is 11.5 Å². The predicted molar refractivity (Wildman–Crippen MR) is 72.8 cm³/mol. The Morgan fingerprint density at radius 1 is 1.09 bits per heavy atom. The molecule has 0 aliphatic rings. The SMILES string of the molecule is CC(C)(C)OC(=O)NCc1ccc(OC(F)F)c(OC(F)F)c1. The summed E-state index contributed by atoms with van der Waals surface area (Å²) in [4.78, 5) is 11.5. The number of ether oxygens (including phenoxy) is 3. The van der Waals surface area contributed by atoms with Crippen molar-refractivity contribution in [2.24, 2.45) is 0 Å². The molecule has 0 radical (unpaired) electrons. The van der Waals surface area contributed by atoms with Gasteiger partial charge in [-0.05, 0) is 38.5 Å². The molecule has 1 rings (SSSR count). The summed E-state index contributed by atoms with van der Waals surface area (Å²) >= 11 is 0. The minimum Gasteiger partial charge on any atom is -0.444 e. The van der Waals surface area contributed by atoms with Gasteiger partial charge in [-0.1, -0.05) is 6.07 Å². The van der Waals surface area contributed by atoms with Crippen molar-refractivity contribution in [2.75, 3.05) is 0 Å². The first kappa shape index (κ1) is 18.9. The third-order valence-electron chi connectivity index (χ3n) is 2.28. The standard InChI is InChI=1S/C14H17F4NO4/c1-14(2,3)23-13(20)19-7-8-4-5-9(21-11(15)16)10(6-8)22-12(17)18/h4-6,11-12H,7H2,1-3H3,(H,19,20). The number of amides is 1. The second-order valence-corrected chi connectivity index (χ2v) is 5.39. The van der Waals surface area contributed by atoms with Gasteiger partial charge in [-0.15, -0.1) is 0 Å². The number of halogens is 4. The van der Waals surface area contributed by atoms with Crippen LogP contribution in [0.2, 0.25) is 0 Å². The van der Waals surface area contributed by atoms with Crippen LogP contribution >= 0.6 is 0 Å². The fourth-order valence-corrected chi connectivity index (χ4v) is 1.53. The van der Waals surface area contributed by atoms with Gasteiger partial charge in [0.25, 0.3) is 0 Å². The molecule has 0 atom stereocenters. The van der Waals surface area contributed by atoms with Crippen LogP contribution in [-0.2, 0) is 11.3 Å². The molecule has 0 spiro atoms. The molecule has 0 aromatic heterocycles. The lowest BCUT2D eigenvalue weighted by atomic mass is 10.2. The number of alkyl carbamates (subject to hydrolysis) is 1. The van der Waals surface area contributed by atoms with Gasteiger partial charge in [0.2, 0.25) is 0 Å². The van der Waals surface area contributed by atoms with E-state index in [9.17, 15) is 22.4 Å². The van der Waals surface area contributed by atoms with Crippen LogP contribution in [0.1, 0.15) is 26.3 Å². The van der Waals surface area contributed by atoms with E-state index in [2.05, 4.69) is 14.8 Å². The van der Waals surface area contributed by atoms with E-state index >= 15 is 0 Å². The third kappa shape index (κ3) is 7.57. The molecule has 1 aromatic carbocycles. The average molecular weight is 339 g/mol. The molecule has 1 amide bonds. The van der Waals surface area contributed by atoms with Crippen molar-refractivity contribution in [1.82, 2.24) is 5.32 Å². The summed E-state index contributed by atoms with van der Waals surface area (Å²) in [5.74, 6) is -1.08. The van der Waals surface area contributed by atoms with Crippen LogP contribution in [0.15, 0.2) is 18.2 Å². The Labute approximate surface area is 130 Å². The minimum atomic E-state index is -3.20. The second-order valence-electron chi connectivity index (χ2n) is 5.39. The number of alkyl halides is 4. The summed E-state index contributed by atoms with van der Waals surface area (Å²) in [6, 6.07) is 3.45. The maximum atomic E-state index is 12.3. The lowest BCUT2D eigenvalue weighted by molar-refractivity contribution is -0.0692. The highest BCUT2D eigenvalue weighted by molar-refractivity contribution is 5.67. The summed E-state index contributed by atoms with van der Waals surface area (Å²) in [5, 5.41) is 2.40. The minimum absolute atomic E-state index is 0.0660. The molecule has 5 nitrogen and oxygen atoms in total. The van der Waals surface area contributed by atoms with E-state index in [1.807, 2.05) is 0 Å². The van der Waals surface area contributed by atoms with Gasteiger partial charge < -0.3 is 19.5 Å². The predicted octanol–water partition coefficient (Wildman–Crippen LogP) is 3.91. The summed E-state index contributed by atoms with van der Waals surface area (Å²) < 4.78 is 62.3. The second kappa shape index (κ2) is 7.89. The molecule has 0 fully saturated rings. The number of rotatable bonds is 6. The van der Waals surface area contributed by atoms with Gasteiger partial charge in [-0.3, -0.25) is 0 Å². The van der Waals surface area contributed by atoms with E-state index in [-0.39, 0.29) is 6.54 Å². The van der Waals surface area contributed by atoms with Crippen molar-refractivity contribution in [3.05, 3.63) is 23.8 Å². The highest BCUT2D eigenvalue weighted by atomic mass is 19.3. The lowest BCUT2D eigenvalue weighted by Crippen LogP contribution is -2.32. The van der Waals surface area contributed by atoms with Crippen LogP contribution in [0.25, 0.3) is 0 Å². The van der Waals surface area contributed by atoms with Crippen LogP contribution in [-0.4, -0.2) is 24.9 Å². The van der Waals surface area contributed by atoms with Crippen molar-refractivity contribution in [3.63, 3.8) is 0 Å². The number of carbonyl (C=O) groups excluding carboxylic acids is 1. The fourth-order valence-electron chi connectivity index (χ4n) is 1.53. The molecule has 130 valence electrons. The zero-order valence-corrected chi connectivity index (χ0v) is 12.7. The summed E-state index contributed by atoms with van der Waals surface area (Å²) in [6.45, 7) is -1.42. The molecular formula is C14H17F4NO4. The van der Waals surface area contributed by atoms with Crippen molar-refractivity contribution >= 4 is 6.09 Å². The van der Waals surface area contributed by atoms with Crippen molar-refractivity contribution in [1.29, 1.82) is 0 Å². The summed E-state index contributed by atoms with van der Waals surface area (Å²) in [6.07, 6.45) is -0.707. The van der Waals surface area contributed by atoms with E-state index in [0.717, 1.165) is 12.1 Å². The zero-order valence-electron chi connectivity index (χ0n) is 12.7. The van der Waals surface area contributed by atoms with Gasteiger partial charge >= 0.3 is 19.3 Å². The van der Waals surface area contributed by atoms with E-state index in [1.54, 1.807) is 20.8 Å². The highest BCUT2D eigenvalue weighted by Crippen LogP contribution is 2.31. The largest absolute Gasteiger partial charge is 0.444 e. The quantitative estimate of drug-likeness (QED) is 0.798. The Morgan fingerprint density at radius 2 is 1.65 bits per heavy atom. The molecule has 23 heavy (non-hydrogen) atoms. The van der Waals surface area contributed by atoms with Gasteiger partial charge in [-0.25, -0.2) is 4.79 Å². The van der Waals surface area contributed by atoms with Gasteiger partial charge in [0.15, 0.2) is 11.5 Å². The summed E-state index contributed by atoms with van der Waals surface area (Å²) in [7, 11) is 0. The lowest BCUT2D eigenvalue weighted by Gasteiger charge is -2.20. The summed E-state index contributed by atoms with van der Waals surface area (Å²) in [5.41, 5.74) is -0.351. The molecule has 0 saturated heterocycles. The molecule has 0 bridgehead atoms. The monoisotopic (exact) mass is 339 g/mol. The third-order valence-corrected chi connectivity index (χ3v) is 2.28. The topological polar surface area (TPSA) is 56.8 Å². The first-order valence-corrected chi connectivity index (χ1v) is 6.56. The zero-order chi connectivity index (χ0) is 17.6. The highest BCUT2D eigenvalue weighted by Gasteiger charge is 2.17. The Kier molecular flexibility index (Phi) is 6.47. The Bertz CT molecular complexity index is 532. The van der Waals surface area contributed by atoms with Crippen LogP contribution in [0.4, 0.5) is 22.4 Å². The molecular weight excluding hydrogens is 322 g/mol. The normalized spacial score (nSPS) is 11.5. The maximum Gasteiger partial charge on any atom is 0.407 e. The van der Waals surface area contributed by atoms with Gasteiger partial charge in [-0.2, -0.15) is 17.6 Å². The molecule has 0 unspecified atom stereocenters. The number of benzene rings is 1. The molecule has 0 heterocycles. The van der Waals surface area contributed by atoms with E-state index < -0.39 is 36.4 Å². The van der Waals surface area contributed by atoms with Crippen molar-refractivity contribution in [2.45, 2.75) is 46.1 Å². The molecule has 0 saturated carbocycles. The average Bonchev–Trinajstić information content (AvgIpc) is 2.36. The van der Waals surface area contributed by atoms with Crippen molar-refractivity contribution < 1.29 is 36.6 Å². The Morgan fingerprint density at radius 3 is 2.17 bits per heavy atom. The molecule has 0 aliphatic heterocycles. The number of hydrogen-bond donors (Lipinski definition) is 1. The van der Waals surface area contributed by atoms with Crippen LogP contribution in [0.3, 0.4) is 0 Å². The van der Waals surface area contributed by atoms with Gasteiger partial charge in [0, 0.05) is 6.54 Å². The smallest absolute Gasteiger partial charge is 0.407 e. The first-order chi connectivity index (χ1) is 10.6. The van der Waals surface area contributed by atoms with Gasteiger partial charge in [0.1, 0.15) is 5.60 Å². The number of hydrogen-bond acceptors (Lipinski definition) is 4. The molecule has 1 aromatic rings. The van der Waals surface area contributed by atoms with Gasteiger partial charge in [0.05, 0.1) is 0 Å². The Hall–Kier alpha value is -2.19. The Balaban J connectivity index is 2.78. The van der Waals surface area contributed by atoms with Crippen LogP contribution in [0, 0.1) is 0 Å². The number of carbonyl (C=O) groups is 1. The van der Waals surface area contributed by atoms with Crippen LogP contribution in [0.5, 0.6) is 11.5 Å². The van der Waals surface area contributed by atoms with E-state index in [4.69, 9.17) is 4.74 Å². The van der Waals surface area contributed by atoms with E-state index in [0.29, 0.717) is 5.56 Å². The van der Waals surface area contributed by atoms with Crippen LogP contribution < -0.4 is 14.8 Å². The number of nitrogens with one attached hydrogen (secondary N) is 1. The van der Waals surface area contributed by atoms with E-state index in [1.165, 1.54) is 6.07 Å². The maximum absolute atomic E-state index is 12.3. The fraction of sp³-hybridized carbons (Fsp3) is 0.500. The molecule has 9 heteroatoms. The molecule has 0 aliphatic carbocycles.